The van der Waals surface area contributed by atoms with E-state index in [0.717, 1.165) is 25.1 Å². The minimum atomic E-state index is -0.0973. The molecule has 0 spiro atoms. The monoisotopic (exact) mass is 240 g/mol. The van der Waals surface area contributed by atoms with Crippen LogP contribution in [0, 0.1) is 0 Å². The molecule has 2 aromatic rings. The molecule has 92 valence electrons. The number of rotatable bonds is 2. The van der Waals surface area contributed by atoms with E-state index in [2.05, 4.69) is 34.9 Å². The molecule has 1 atom stereocenters. The summed E-state index contributed by atoms with van der Waals surface area (Å²) in [5.41, 5.74) is 1.01. The highest BCUT2D eigenvalue weighted by Crippen LogP contribution is 2.20. The predicted octanol–water partition coefficient (Wildman–Crippen LogP) is 2.53. The second-order valence-electron chi connectivity index (χ2n) is 4.69. The van der Waals surface area contributed by atoms with Crippen molar-refractivity contribution in [2.24, 2.45) is 0 Å². The third-order valence-electron chi connectivity index (χ3n) is 3.38. The Balaban J connectivity index is 1.83. The molecule has 3 rings (SSSR count). The quantitative estimate of drug-likeness (QED) is 0.847. The molecular weight excluding hydrogens is 224 g/mol. The Hall–Kier alpha value is -2.03. The van der Waals surface area contributed by atoms with Gasteiger partial charge in [-0.2, -0.15) is 0 Å². The first-order valence-electron chi connectivity index (χ1n) is 6.36. The average Bonchev–Trinajstić information content (AvgIpc) is 2.41. The van der Waals surface area contributed by atoms with Gasteiger partial charge in [-0.15, -0.1) is 0 Å². The minimum absolute atomic E-state index is 0.0973. The van der Waals surface area contributed by atoms with Gasteiger partial charge in [0.2, 0.25) is 5.91 Å². The Kier molecular flexibility index (Phi) is 2.89. The number of carbonyl (C=O) groups excluding carboxylic acids is 1. The van der Waals surface area contributed by atoms with Crippen molar-refractivity contribution in [2.45, 2.75) is 18.9 Å². The van der Waals surface area contributed by atoms with Gasteiger partial charge in [-0.1, -0.05) is 30.3 Å². The molecule has 2 aromatic carbocycles. The molecule has 3 heteroatoms. The number of nitrogens with one attached hydrogen (secondary N) is 2. The number of hydrogen-bond donors (Lipinski definition) is 2. The summed E-state index contributed by atoms with van der Waals surface area (Å²) < 4.78 is 0. The van der Waals surface area contributed by atoms with Gasteiger partial charge in [0.25, 0.3) is 0 Å². The fourth-order valence-electron chi connectivity index (χ4n) is 2.39. The van der Waals surface area contributed by atoms with Gasteiger partial charge in [-0.05, 0) is 35.7 Å². The van der Waals surface area contributed by atoms with Crippen molar-refractivity contribution < 1.29 is 4.79 Å². The molecular formula is C15H16N2O. The van der Waals surface area contributed by atoms with Gasteiger partial charge in [-0.25, -0.2) is 0 Å². The molecule has 1 amide bonds. The van der Waals surface area contributed by atoms with Crippen molar-refractivity contribution in [3.8, 4) is 0 Å². The molecule has 3 nitrogen and oxygen atoms in total. The fourth-order valence-corrected chi connectivity index (χ4v) is 2.39. The molecule has 0 aliphatic carbocycles. The van der Waals surface area contributed by atoms with Crippen LogP contribution in [0.5, 0.6) is 0 Å². The van der Waals surface area contributed by atoms with Gasteiger partial charge in [0.15, 0.2) is 0 Å². The highest BCUT2D eigenvalue weighted by molar-refractivity contribution is 5.88. The Morgan fingerprint density at radius 3 is 2.78 bits per heavy atom. The minimum Gasteiger partial charge on any atom is -0.374 e. The molecule has 1 saturated heterocycles. The summed E-state index contributed by atoms with van der Waals surface area (Å²) >= 11 is 0. The van der Waals surface area contributed by atoms with Crippen LogP contribution in [0.15, 0.2) is 42.5 Å². The lowest BCUT2D eigenvalue weighted by Crippen LogP contribution is -2.44. The SMILES string of the molecule is O=C1NCCCC1Nc1ccc2ccccc2c1. The first-order valence-corrected chi connectivity index (χ1v) is 6.36. The molecule has 0 radical (unpaired) electrons. The maximum Gasteiger partial charge on any atom is 0.242 e. The standard InChI is InChI=1S/C15H16N2O/c18-15-14(6-3-9-16-15)17-13-8-7-11-4-1-2-5-12(11)10-13/h1-2,4-5,7-8,10,14,17H,3,6,9H2,(H,16,18). The number of carbonyl (C=O) groups is 1. The van der Waals surface area contributed by atoms with Crippen molar-refractivity contribution in [2.75, 3.05) is 11.9 Å². The summed E-state index contributed by atoms with van der Waals surface area (Å²) in [5.74, 6) is 0.106. The maximum absolute atomic E-state index is 11.7. The molecule has 2 N–H and O–H groups in total. The molecule has 1 aliphatic rings. The van der Waals surface area contributed by atoms with Crippen molar-refractivity contribution >= 4 is 22.4 Å². The van der Waals surface area contributed by atoms with E-state index in [1.54, 1.807) is 0 Å². The van der Waals surface area contributed by atoms with Crippen LogP contribution >= 0.6 is 0 Å². The lowest BCUT2D eigenvalue weighted by molar-refractivity contribution is -0.123. The Morgan fingerprint density at radius 1 is 1.11 bits per heavy atom. The summed E-state index contributed by atoms with van der Waals surface area (Å²) in [4.78, 5) is 11.7. The van der Waals surface area contributed by atoms with Gasteiger partial charge in [-0.3, -0.25) is 4.79 Å². The molecule has 0 saturated carbocycles. The molecule has 1 unspecified atom stereocenters. The Bertz CT molecular complexity index is 579. The van der Waals surface area contributed by atoms with Crippen LogP contribution in [0.25, 0.3) is 10.8 Å². The highest BCUT2D eigenvalue weighted by Gasteiger charge is 2.21. The van der Waals surface area contributed by atoms with E-state index in [1.807, 2.05) is 18.2 Å². The zero-order valence-corrected chi connectivity index (χ0v) is 10.1. The lowest BCUT2D eigenvalue weighted by atomic mass is 10.1. The molecule has 0 aromatic heterocycles. The first kappa shape index (κ1) is 11.1. The number of amides is 1. The molecule has 1 heterocycles. The van der Waals surface area contributed by atoms with Crippen molar-refractivity contribution in [1.82, 2.24) is 5.32 Å². The van der Waals surface area contributed by atoms with Crippen LogP contribution < -0.4 is 10.6 Å². The van der Waals surface area contributed by atoms with Crippen molar-refractivity contribution in [3.05, 3.63) is 42.5 Å². The van der Waals surface area contributed by atoms with Crippen LogP contribution in [0.3, 0.4) is 0 Å². The second-order valence-corrected chi connectivity index (χ2v) is 4.69. The number of hydrogen-bond acceptors (Lipinski definition) is 2. The van der Waals surface area contributed by atoms with E-state index in [4.69, 9.17) is 0 Å². The normalized spacial score (nSPS) is 19.6. The van der Waals surface area contributed by atoms with E-state index in [1.165, 1.54) is 10.8 Å². The first-order chi connectivity index (χ1) is 8.83. The van der Waals surface area contributed by atoms with Crippen molar-refractivity contribution in [1.29, 1.82) is 0 Å². The summed E-state index contributed by atoms with van der Waals surface area (Å²) in [5, 5.41) is 8.61. The molecule has 0 bridgehead atoms. The Morgan fingerprint density at radius 2 is 1.94 bits per heavy atom. The second kappa shape index (κ2) is 4.69. The van der Waals surface area contributed by atoms with Gasteiger partial charge in [0.1, 0.15) is 6.04 Å². The zero-order chi connectivity index (χ0) is 12.4. The van der Waals surface area contributed by atoms with Gasteiger partial charge < -0.3 is 10.6 Å². The number of anilines is 1. The van der Waals surface area contributed by atoms with Crippen LogP contribution in [0.4, 0.5) is 5.69 Å². The van der Waals surface area contributed by atoms with E-state index >= 15 is 0 Å². The smallest absolute Gasteiger partial charge is 0.242 e. The van der Waals surface area contributed by atoms with E-state index in [-0.39, 0.29) is 11.9 Å². The summed E-state index contributed by atoms with van der Waals surface area (Å²) in [7, 11) is 0. The third-order valence-corrected chi connectivity index (χ3v) is 3.38. The summed E-state index contributed by atoms with van der Waals surface area (Å²) in [6.45, 7) is 0.800. The number of piperidine rings is 1. The molecule has 18 heavy (non-hydrogen) atoms. The van der Waals surface area contributed by atoms with E-state index < -0.39 is 0 Å². The van der Waals surface area contributed by atoms with Gasteiger partial charge in [0, 0.05) is 12.2 Å². The summed E-state index contributed by atoms with van der Waals surface area (Å²) in [6, 6.07) is 14.3. The lowest BCUT2D eigenvalue weighted by Gasteiger charge is -2.23. The molecule has 1 aliphatic heterocycles. The van der Waals surface area contributed by atoms with Crippen LogP contribution in [-0.2, 0) is 4.79 Å². The Labute approximate surface area is 106 Å². The van der Waals surface area contributed by atoms with E-state index in [9.17, 15) is 4.79 Å². The van der Waals surface area contributed by atoms with E-state index in [0.29, 0.717) is 0 Å². The third kappa shape index (κ3) is 2.16. The largest absolute Gasteiger partial charge is 0.374 e. The summed E-state index contributed by atoms with van der Waals surface area (Å²) in [6.07, 6.45) is 1.94. The highest BCUT2D eigenvalue weighted by atomic mass is 16.2. The fraction of sp³-hybridized carbons (Fsp3) is 0.267. The number of benzene rings is 2. The van der Waals surface area contributed by atoms with Crippen molar-refractivity contribution in [3.63, 3.8) is 0 Å². The van der Waals surface area contributed by atoms with Gasteiger partial charge in [0.05, 0.1) is 0 Å². The number of fused-ring (bicyclic) bond motifs is 1. The van der Waals surface area contributed by atoms with Crippen LogP contribution in [0.1, 0.15) is 12.8 Å². The topological polar surface area (TPSA) is 41.1 Å². The van der Waals surface area contributed by atoms with Crippen LogP contribution in [0.2, 0.25) is 0 Å². The van der Waals surface area contributed by atoms with Crippen LogP contribution in [-0.4, -0.2) is 18.5 Å². The van der Waals surface area contributed by atoms with Gasteiger partial charge >= 0.3 is 0 Å². The molecule has 1 fully saturated rings. The zero-order valence-electron chi connectivity index (χ0n) is 10.1. The average molecular weight is 240 g/mol. The maximum atomic E-state index is 11.7. The predicted molar refractivity (Wildman–Crippen MR) is 73.6 cm³/mol.